The van der Waals surface area contributed by atoms with Crippen LogP contribution in [0.2, 0.25) is 0 Å². The Morgan fingerprint density at radius 3 is 1.67 bits per heavy atom. The van der Waals surface area contributed by atoms with E-state index in [0.29, 0.717) is 0 Å². The van der Waals surface area contributed by atoms with Gasteiger partial charge in [0.05, 0.1) is 16.6 Å². The van der Waals surface area contributed by atoms with Gasteiger partial charge in [0.25, 0.3) is 0 Å². The Balaban J connectivity index is 1.02. The summed E-state index contributed by atoms with van der Waals surface area (Å²) in [6.45, 7) is 0. The van der Waals surface area contributed by atoms with Crippen LogP contribution < -0.4 is 4.90 Å². The largest absolute Gasteiger partial charge is 0.456 e. The van der Waals surface area contributed by atoms with Crippen LogP contribution in [-0.2, 0) is 0 Å². The number of aromatic nitrogens is 1. The molecule has 12 rings (SSSR count). The Bertz CT molecular complexity index is 3360. The predicted molar refractivity (Wildman–Crippen MR) is 216 cm³/mol. The topological polar surface area (TPSA) is 33.9 Å². The van der Waals surface area contributed by atoms with Crippen molar-refractivity contribution in [3.05, 3.63) is 170 Å². The molecule has 12 aromatic rings. The first kappa shape index (κ1) is 27.7. The van der Waals surface area contributed by atoms with Crippen LogP contribution in [0.1, 0.15) is 0 Å². The molecule has 0 amide bonds. The van der Waals surface area contributed by atoms with Gasteiger partial charge < -0.3 is 18.1 Å². The third-order valence-corrected chi connectivity index (χ3v) is 10.9. The second kappa shape index (κ2) is 10.3. The van der Waals surface area contributed by atoms with E-state index < -0.39 is 0 Å². The highest BCUT2D eigenvalue weighted by atomic mass is 16.3. The fourth-order valence-corrected chi connectivity index (χ4v) is 8.57. The Morgan fingerprint density at radius 1 is 0.327 bits per heavy atom. The maximum atomic E-state index is 6.37. The lowest BCUT2D eigenvalue weighted by Crippen LogP contribution is -2.09. The third kappa shape index (κ3) is 3.81. The van der Waals surface area contributed by atoms with Crippen LogP contribution in [0.25, 0.3) is 93.1 Å². The van der Waals surface area contributed by atoms with Crippen molar-refractivity contribution in [3.8, 4) is 11.1 Å². The molecule has 0 radical (unpaired) electrons. The van der Waals surface area contributed by atoms with E-state index >= 15 is 0 Å². The molecule has 8 aromatic carbocycles. The van der Waals surface area contributed by atoms with Crippen LogP contribution in [0.5, 0.6) is 0 Å². The van der Waals surface area contributed by atoms with Crippen LogP contribution in [0, 0.1) is 0 Å². The average Bonchev–Trinajstić information content (AvgIpc) is 3.95. The molecule has 4 heterocycles. The zero-order valence-electron chi connectivity index (χ0n) is 27.9. The van der Waals surface area contributed by atoms with E-state index in [1.54, 1.807) is 0 Å². The molecule has 242 valence electrons. The van der Waals surface area contributed by atoms with E-state index in [4.69, 9.17) is 8.83 Å². The number of para-hydroxylation sites is 4. The molecular weight excluding hydrogens is 637 g/mol. The van der Waals surface area contributed by atoms with Gasteiger partial charge in [0.2, 0.25) is 0 Å². The Morgan fingerprint density at radius 2 is 0.865 bits per heavy atom. The summed E-state index contributed by atoms with van der Waals surface area (Å²) in [5, 5.41) is 9.60. The van der Waals surface area contributed by atoms with Crippen molar-refractivity contribution < 1.29 is 8.83 Å². The zero-order chi connectivity index (χ0) is 33.9. The molecule has 0 bridgehead atoms. The molecule has 0 unspecified atom stereocenters. The quantitative estimate of drug-likeness (QED) is 0.188. The summed E-state index contributed by atoms with van der Waals surface area (Å²) in [6.07, 6.45) is 0. The van der Waals surface area contributed by atoms with Crippen molar-refractivity contribution in [2.45, 2.75) is 0 Å². The van der Waals surface area contributed by atoms with Crippen molar-refractivity contribution in [3.63, 3.8) is 0 Å². The second-order valence-corrected chi connectivity index (χ2v) is 13.7. The summed E-state index contributed by atoms with van der Waals surface area (Å²) in [5.74, 6) is 0. The molecular formula is C48H28N2O2. The predicted octanol–water partition coefficient (Wildman–Crippen LogP) is 13.8. The van der Waals surface area contributed by atoms with Gasteiger partial charge in [-0.05, 0) is 77.9 Å². The minimum atomic E-state index is 0.862. The molecule has 4 aromatic heterocycles. The highest BCUT2D eigenvalue weighted by Crippen LogP contribution is 2.43. The van der Waals surface area contributed by atoms with E-state index in [9.17, 15) is 0 Å². The summed E-state index contributed by atoms with van der Waals surface area (Å²) in [6, 6.07) is 60.7. The highest BCUT2D eigenvalue weighted by molar-refractivity contribution is 6.23. The Kier molecular flexibility index (Phi) is 5.47. The van der Waals surface area contributed by atoms with Gasteiger partial charge in [-0.1, -0.05) is 97.1 Å². The highest BCUT2D eigenvalue weighted by Gasteiger charge is 2.20. The molecule has 0 spiro atoms. The lowest BCUT2D eigenvalue weighted by molar-refractivity contribution is 0.668. The third-order valence-electron chi connectivity index (χ3n) is 10.9. The molecule has 0 aliphatic heterocycles. The van der Waals surface area contributed by atoms with Gasteiger partial charge in [0.1, 0.15) is 22.3 Å². The maximum Gasteiger partial charge on any atom is 0.137 e. The Hall–Kier alpha value is -7.04. The molecule has 0 aliphatic rings. The smallest absolute Gasteiger partial charge is 0.137 e. The summed E-state index contributed by atoms with van der Waals surface area (Å²) in [7, 11) is 0. The second-order valence-electron chi connectivity index (χ2n) is 13.7. The minimum absolute atomic E-state index is 0.862. The van der Waals surface area contributed by atoms with Gasteiger partial charge in [-0.15, -0.1) is 0 Å². The van der Waals surface area contributed by atoms with Crippen LogP contribution in [-0.4, -0.2) is 4.40 Å². The Labute approximate surface area is 297 Å². The first-order valence-electron chi connectivity index (χ1n) is 17.7. The van der Waals surface area contributed by atoms with Crippen molar-refractivity contribution in [2.75, 3.05) is 4.90 Å². The van der Waals surface area contributed by atoms with Gasteiger partial charge in [0, 0.05) is 66.2 Å². The fourth-order valence-electron chi connectivity index (χ4n) is 8.57. The maximum absolute atomic E-state index is 6.37. The summed E-state index contributed by atoms with van der Waals surface area (Å²) in [5.41, 5.74) is 12.8. The van der Waals surface area contributed by atoms with Gasteiger partial charge in [-0.2, -0.15) is 0 Å². The lowest BCUT2D eigenvalue weighted by Gasteiger charge is -2.25. The molecule has 0 saturated heterocycles. The van der Waals surface area contributed by atoms with E-state index in [0.717, 1.165) is 60.9 Å². The molecule has 0 aliphatic carbocycles. The van der Waals surface area contributed by atoms with E-state index in [-0.39, 0.29) is 0 Å². The van der Waals surface area contributed by atoms with Crippen molar-refractivity contribution in [1.82, 2.24) is 4.40 Å². The summed E-state index contributed by atoms with van der Waals surface area (Å²) >= 11 is 0. The monoisotopic (exact) mass is 664 g/mol. The first-order valence-corrected chi connectivity index (χ1v) is 17.7. The molecule has 0 N–H and O–H groups in total. The van der Waals surface area contributed by atoms with Crippen molar-refractivity contribution in [1.29, 1.82) is 0 Å². The van der Waals surface area contributed by atoms with Crippen LogP contribution in [0.4, 0.5) is 17.1 Å². The lowest BCUT2D eigenvalue weighted by atomic mass is 10.0. The number of benzene rings is 8. The SMILES string of the molecule is c1ccc2c(c1)oc1cc(N(c3ccc(-c4ccc5c6cccc7c8ccccc8n(c5c4)c76)cc3)c3ccc4oc5ccccc5c4c3)ccc12. The molecule has 0 saturated carbocycles. The number of anilines is 3. The van der Waals surface area contributed by atoms with E-state index in [2.05, 4.69) is 155 Å². The molecule has 52 heavy (non-hydrogen) atoms. The van der Waals surface area contributed by atoms with Crippen LogP contribution >= 0.6 is 0 Å². The molecule has 4 heteroatoms. The number of nitrogens with zero attached hydrogens (tertiary/aromatic N) is 2. The van der Waals surface area contributed by atoms with E-state index in [1.165, 1.54) is 49.2 Å². The minimum Gasteiger partial charge on any atom is -0.456 e. The van der Waals surface area contributed by atoms with Crippen LogP contribution in [0.3, 0.4) is 0 Å². The standard InChI is InChI=1S/C48H28N2O2/c1-4-13-42-34(8-1)39-11-7-12-40-35-23-18-30(26-43(35)50(42)48(39)40)29-16-19-31(20-17-29)49(32-22-25-46-41(27-32)37-10-3-6-15-45(37)51-46)33-21-24-38-36-9-2-5-14-44(36)52-47(38)28-33/h1-28H. The number of hydrogen-bond donors (Lipinski definition) is 0. The zero-order valence-corrected chi connectivity index (χ0v) is 27.9. The van der Waals surface area contributed by atoms with Crippen molar-refractivity contribution in [2.24, 2.45) is 0 Å². The normalized spacial score (nSPS) is 12.2. The molecule has 0 atom stereocenters. The van der Waals surface area contributed by atoms with Gasteiger partial charge in [-0.3, -0.25) is 0 Å². The molecule has 4 nitrogen and oxygen atoms in total. The number of hydrogen-bond acceptors (Lipinski definition) is 3. The summed E-state index contributed by atoms with van der Waals surface area (Å²) in [4.78, 5) is 2.31. The van der Waals surface area contributed by atoms with E-state index in [1.807, 2.05) is 24.3 Å². The number of furan rings is 2. The number of fused-ring (bicyclic) bond motifs is 12. The van der Waals surface area contributed by atoms with Crippen LogP contribution in [0.15, 0.2) is 179 Å². The average molecular weight is 665 g/mol. The first-order chi connectivity index (χ1) is 25.8. The van der Waals surface area contributed by atoms with Gasteiger partial charge in [0.15, 0.2) is 0 Å². The van der Waals surface area contributed by atoms with Gasteiger partial charge in [-0.25, -0.2) is 0 Å². The summed E-state index contributed by atoms with van der Waals surface area (Å²) < 4.78 is 15.0. The molecule has 0 fully saturated rings. The fraction of sp³-hybridized carbons (Fsp3) is 0. The van der Waals surface area contributed by atoms with Gasteiger partial charge >= 0.3 is 0 Å². The van der Waals surface area contributed by atoms with Crippen molar-refractivity contribution >= 4 is 99.0 Å². The number of rotatable bonds is 4.